The Morgan fingerprint density at radius 2 is 2.37 bits per heavy atom. The van der Waals surface area contributed by atoms with Crippen molar-refractivity contribution < 1.29 is 9.53 Å². The molecule has 1 N–H and O–H groups in total. The van der Waals surface area contributed by atoms with Gasteiger partial charge in [0.1, 0.15) is 0 Å². The molecule has 2 rings (SSSR count). The maximum atomic E-state index is 12.2. The molecule has 1 atom stereocenters. The SMILES string of the molecule is CCn1cncc1C(C(=O)OC)N1CCCNCC1. The second-order valence-electron chi connectivity index (χ2n) is 4.67. The van der Waals surface area contributed by atoms with Crippen LogP contribution in [0.15, 0.2) is 12.5 Å². The van der Waals surface area contributed by atoms with Gasteiger partial charge < -0.3 is 14.6 Å². The fourth-order valence-electron chi connectivity index (χ4n) is 2.52. The summed E-state index contributed by atoms with van der Waals surface area (Å²) in [5.74, 6) is -0.211. The number of hydrogen-bond donors (Lipinski definition) is 1. The summed E-state index contributed by atoms with van der Waals surface area (Å²) >= 11 is 0. The smallest absolute Gasteiger partial charge is 0.329 e. The van der Waals surface area contributed by atoms with E-state index >= 15 is 0 Å². The standard InChI is InChI=1S/C13H22N4O2/c1-3-16-10-15-9-11(16)12(13(18)19-2)17-7-4-5-14-6-8-17/h9-10,12,14H,3-8H2,1-2H3. The number of imidazole rings is 1. The van der Waals surface area contributed by atoms with Gasteiger partial charge in [0.15, 0.2) is 6.04 Å². The van der Waals surface area contributed by atoms with E-state index in [0.717, 1.165) is 44.8 Å². The van der Waals surface area contributed by atoms with Gasteiger partial charge in [-0.2, -0.15) is 0 Å². The molecular weight excluding hydrogens is 244 g/mol. The van der Waals surface area contributed by atoms with Crippen LogP contribution in [0, 0.1) is 0 Å². The lowest BCUT2D eigenvalue weighted by Gasteiger charge is -2.28. The molecule has 0 radical (unpaired) electrons. The summed E-state index contributed by atoms with van der Waals surface area (Å²) in [4.78, 5) is 18.5. The Bertz CT molecular complexity index is 411. The maximum absolute atomic E-state index is 12.2. The summed E-state index contributed by atoms with van der Waals surface area (Å²) in [6.45, 7) is 6.47. The summed E-state index contributed by atoms with van der Waals surface area (Å²) in [6, 6.07) is -0.354. The van der Waals surface area contributed by atoms with Crippen LogP contribution >= 0.6 is 0 Å². The zero-order valence-electron chi connectivity index (χ0n) is 11.6. The molecule has 1 saturated heterocycles. The Hall–Kier alpha value is -1.40. The molecule has 1 aromatic rings. The van der Waals surface area contributed by atoms with Crippen molar-refractivity contribution >= 4 is 5.97 Å². The highest BCUT2D eigenvalue weighted by molar-refractivity contribution is 5.77. The average Bonchev–Trinajstić information content (AvgIpc) is 2.73. The van der Waals surface area contributed by atoms with E-state index in [1.807, 2.05) is 11.5 Å². The van der Waals surface area contributed by atoms with Crippen LogP contribution < -0.4 is 5.32 Å². The predicted octanol–water partition coefficient (Wildman–Crippen LogP) is 0.412. The first kappa shape index (κ1) is 14.0. The predicted molar refractivity (Wildman–Crippen MR) is 71.7 cm³/mol. The molecule has 0 amide bonds. The molecule has 0 aromatic carbocycles. The lowest BCUT2D eigenvalue weighted by molar-refractivity contribution is -0.147. The largest absolute Gasteiger partial charge is 0.468 e. The van der Waals surface area contributed by atoms with E-state index in [0.29, 0.717) is 0 Å². The molecule has 1 aromatic heterocycles. The molecule has 1 fully saturated rings. The normalized spacial score (nSPS) is 18.8. The Kier molecular flexibility index (Phi) is 4.93. The first-order valence-corrected chi connectivity index (χ1v) is 6.80. The molecule has 0 aliphatic carbocycles. The van der Waals surface area contributed by atoms with Crippen molar-refractivity contribution in [2.45, 2.75) is 25.9 Å². The second-order valence-corrected chi connectivity index (χ2v) is 4.67. The molecule has 2 heterocycles. The van der Waals surface area contributed by atoms with Crippen molar-refractivity contribution in [3.63, 3.8) is 0 Å². The second kappa shape index (κ2) is 6.68. The number of ether oxygens (including phenoxy) is 1. The summed E-state index contributed by atoms with van der Waals surface area (Å²) in [7, 11) is 1.44. The first-order chi connectivity index (χ1) is 9.27. The van der Waals surface area contributed by atoms with Gasteiger partial charge in [-0.05, 0) is 19.9 Å². The monoisotopic (exact) mass is 266 g/mol. The van der Waals surface area contributed by atoms with Gasteiger partial charge in [-0.25, -0.2) is 9.78 Å². The number of aryl methyl sites for hydroxylation is 1. The van der Waals surface area contributed by atoms with Gasteiger partial charge in [-0.1, -0.05) is 0 Å². The van der Waals surface area contributed by atoms with Crippen LogP contribution in [-0.2, 0) is 16.1 Å². The van der Waals surface area contributed by atoms with Gasteiger partial charge >= 0.3 is 5.97 Å². The first-order valence-electron chi connectivity index (χ1n) is 6.80. The molecule has 106 valence electrons. The third-order valence-corrected chi connectivity index (χ3v) is 3.53. The Morgan fingerprint density at radius 3 is 3.11 bits per heavy atom. The van der Waals surface area contributed by atoms with Gasteiger partial charge in [0, 0.05) is 26.2 Å². The van der Waals surface area contributed by atoms with Crippen LogP contribution in [0.25, 0.3) is 0 Å². The highest BCUT2D eigenvalue weighted by atomic mass is 16.5. The third kappa shape index (κ3) is 3.13. The number of nitrogens with one attached hydrogen (secondary N) is 1. The molecule has 0 saturated carbocycles. The summed E-state index contributed by atoms with van der Waals surface area (Å²) in [6.07, 6.45) is 4.57. The topological polar surface area (TPSA) is 59.4 Å². The Balaban J connectivity index is 2.27. The van der Waals surface area contributed by atoms with Crippen LogP contribution in [0.2, 0.25) is 0 Å². The molecular formula is C13H22N4O2. The van der Waals surface area contributed by atoms with Gasteiger partial charge in [0.2, 0.25) is 0 Å². The highest BCUT2D eigenvalue weighted by Gasteiger charge is 2.31. The zero-order chi connectivity index (χ0) is 13.7. The van der Waals surface area contributed by atoms with Crippen molar-refractivity contribution in [2.24, 2.45) is 0 Å². The molecule has 0 spiro atoms. The van der Waals surface area contributed by atoms with Gasteiger partial charge in [0.05, 0.1) is 25.3 Å². The summed E-state index contributed by atoms with van der Waals surface area (Å²) in [5.41, 5.74) is 0.913. The van der Waals surface area contributed by atoms with Crippen LogP contribution in [0.3, 0.4) is 0 Å². The van der Waals surface area contributed by atoms with Crippen molar-refractivity contribution in [1.29, 1.82) is 0 Å². The molecule has 1 aliphatic heterocycles. The number of carbonyl (C=O) groups is 1. The zero-order valence-corrected chi connectivity index (χ0v) is 11.6. The van der Waals surface area contributed by atoms with Crippen molar-refractivity contribution in [1.82, 2.24) is 19.8 Å². The van der Waals surface area contributed by atoms with E-state index < -0.39 is 0 Å². The Labute approximate surface area is 113 Å². The van der Waals surface area contributed by atoms with Gasteiger partial charge in [-0.3, -0.25) is 4.90 Å². The number of hydrogen-bond acceptors (Lipinski definition) is 5. The van der Waals surface area contributed by atoms with Gasteiger partial charge in [0.25, 0.3) is 0 Å². The summed E-state index contributed by atoms with van der Waals surface area (Å²) < 4.78 is 6.99. The molecule has 6 heteroatoms. The number of methoxy groups -OCH3 is 1. The number of esters is 1. The van der Waals surface area contributed by atoms with Gasteiger partial charge in [-0.15, -0.1) is 0 Å². The fraction of sp³-hybridized carbons (Fsp3) is 0.692. The average molecular weight is 266 g/mol. The van der Waals surface area contributed by atoms with Crippen LogP contribution in [-0.4, -0.2) is 53.7 Å². The van der Waals surface area contributed by atoms with E-state index in [2.05, 4.69) is 15.2 Å². The molecule has 6 nitrogen and oxygen atoms in total. The van der Waals surface area contributed by atoms with Crippen molar-refractivity contribution in [2.75, 3.05) is 33.3 Å². The number of nitrogens with zero attached hydrogens (tertiary/aromatic N) is 3. The quantitative estimate of drug-likeness (QED) is 0.800. The lowest BCUT2D eigenvalue weighted by Crippen LogP contribution is -2.38. The maximum Gasteiger partial charge on any atom is 0.329 e. The van der Waals surface area contributed by atoms with E-state index in [4.69, 9.17) is 4.74 Å². The molecule has 1 unspecified atom stereocenters. The van der Waals surface area contributed by atoms with E-state index in [-0.39, 0.29) is 12.0 Å². The number of carbonyl (C=O) groups excluding carboxylic acids is 1. The van der Waals surface area contributed by atoms with Crippen LogP contribution in [0.1, 0.15) is 25.1 Å². The minimum Gasteiger partial charge on any atom is -0.468 e. The summed E-state index contributed by atoms with van der Waals surface area (Å²) in [5, 5.41) is 3.35. The molecule has 0 bridgehead atoms. The van der Waals surface area contributed by atoms with Crippen molar-refractivity contribution in [3.05, 3.63) is 18.2 Å². The van der Waals surface area contributed by atoms with Crippen LogP contribution in [0.5, 0.6) is 0 Å². The number of aromatic nitrogens is 2. The number of rotatable bonds is 4. The van der Waals surface area contributed by atoms with Crippen LogP contribution in [0.4, 0.5) is 0 Å². The highest BCUT2D eigenvalue weighted by Crippen LogP contribution is 2.22. The van der Waals surface area contributed by atoms with E-state index in [1.54, 1.807) is 12.5 Å². The molecule has 19 heavy (non-hydrogen) atoms. The lowest BCUT2D eigenvalue weighted by atomic mass is 10.1. The van der Waals surface area contributed by atoms with E-state index in [9.17, 15) is 4.79 Å². The van der Waals surface area contributed by atoms with Crippen molar-refractivity contribution in [3.8, 4) is 0 Å². The Morgan fingerprint density at radius 1 is 1.53 bits per heavy atom. The fourth-order valence-corrected chi connectivity index (χ4v) is 2.52. The minimum atomic E-state index is -0.354. The third-order valence-electron chi connectivity index (χ3n) is 3.53. The minimum absolute atomic E-state index is 0.211. The van der Waals surface area contributed by atoms with E-state index in [1.165, 1.54) is 7.11 Å². The molecule has 1 aliphatic rings.